The number of nitrogens with zero attached hydrogens (tertiary/aromatic N) is 3. The molecule has 6 heteroatoms. The smallest absolute Gasteiger partial charge is 0.343 e. The summed E-state index contributed by atoms with van der Waals surface area (Å²) < 4.78 is 9.44. The predicted molar refractivity (Wildman–Crippen MR) is 98.8 cm³/mol. The Morgan fingerprint density at radius 1 is 1.38 bits per heavy atom. The van der Waals surface area contributed by atoms with Crippen LogP contribution in [-0.4, -0.2) is 26.7 Å². The highest BCUT2D eigenvalue weighted by atomic mass is 16.5. The van der Waals surface area contributed by atoms with Gasteiger partial charge in [0, 0.05) is 25.2 Å². The third-order valence-electron chi connectivity index (χ3n) is 5.76. The number of aryl methyl sites for hydroxylation is 3. The minimum atomic E-state index is -0.550. The van der Waals surface area contributed by atoms with Gasteiger partial charge in [0.25, 0.3) is 0 Å². The third-order valence-corrected chi connectivity index (χ3v) is 5.76. The van der Waals surface area contributed by atoms with Crippen LogP contribution in [-0.2, 0) is 24.1 Å². The maximum Gasteiger partial charge on any atom is 0.343 e. The first-order chi connectivity index (χ1) is 12.6. The number of benzene rings is 1. The van der Waals surface area contributed by atoms with Gasteiger partial charge in [-0.2, -0.15) is 0 Å². The van der Waals surface area contributed by atoms with E-state index in [1.54, 1.807) is 13.1 Å². The van der Waals surface area contributed by atoms with E-state index in [4.69, 9.17) is 9.72 Å². The van der Waals surface area contributed by atoms with E-state index in [9.17, 15) is 9.59 Å². The SMILES string of the molecule is CCOC(=O)c1cn2c3c(cc4c(nc5n4CCC5)c3c1=O)CCC2C. The summed E-state index contributed by atoms with van der Waals surface area (Å²) in [6.45, 7) is 5.07. The van der Waals surface area contributed by atoms with Crippen molar-refractivity contribution in [3.63, 3.8) is 0 Å². The molecule has 0 fully saturated rings. The lowest BCUT2D eigenvalue weighted by Crippen LogP contribution is -2.25. The van der Waals surface area contributed by atoms with Crippen LogP contribution in [0.2, 0.25) is 0 Å². The molecule has 0 aliphatic carbocycles. The monoisotopic (exact) mass is 351 g/mol. The molecule has 3 aromatic rings. The lowest BCUT2D eigenvalue weighted by molar-refractivity contribution is 0.0524. The van der Waals surface area contributed by atoms with Crippen molar-refractivity contribution in [1.82, 2.24) is 14.1 Å². The molecule has 4 heterocycles. The van der Waals surface area contributed by atoms with E-state index in [-0.39, 0.29) is 23.6 Å². The molecule has 0 N–H and O–H groups in total. The number of hydrogen-bond donors (Lipinski definition) is 0. The van der Waals surface area contributed by atoms with Gasteiger partial charge in [0.1, 0.15) is 16.9 Å². The normalized spacial score (nSPS) is 18.5. The molecule has 1 atom stereocenters. The Morgan fingerprint density at radius 2 is 2.23 bits per heavy atom. The number of hydrogen-bond acceptors (Lipinski definition) is 4. The van der Waals surface area contributed by atoms with E-state index in [0.717, 1.165) is 54.6 Å². The lowest BCUT2D eigenvalue weighted by Gasteiger charge is -2.26. The second-order valence-corrected chi connectivity index (χ2v) is 7.30. The maximum atomic E-state index is 13.3. The van der Waals surface area contributed by atoms with E-state index in [2.05, 4.69) is 22.1 Å². The molecule has 0 amide bonds. The van der Waals surface area contributed by atoms with Gasteiger partial charge in [-0.1, -0.05) is 0 Å². The number of fused-ring (bicyclic) bond motifs is 4. The Kier molecular flexibility index (Phi) is 3.26. The fourth-order valence-corrected chi connectivity index (χ4v) is 4.49. The molecule has 1 unspecified atom stereocenters. The van der Waals surface area contributed by atoms with Crippen LogP contribution in [0.4, 0.5) is 0 Å². The highest BCUT2D eigenvalue weighted by Gasteiger charge is 2.28. The predicted octanol–water partition coefficient (Wildman–Crippen LogP) is 2.98. The Balaban J connectivity index is 1.95. The standard InChI is InChI=1S/C20H21N3O3/c1-3-26-20(25)13-10-23-11(2)6-7-12-9-14-17(16(18(12)23)19(13)24)21-15-5-4-8-22(14)15/h9-11H,3-8H2,1-2H3. The quantitative estimate of drug-likeness (QED) is 0.666. The third kappa shape index (κ3) is 1.95. The number of carbonyl (C=O) groups is 1. The number of pyridine rings is 1. The number of carbonyl (C=O) groups excluding carboxylic acids is 1. The van der Waals surface area contributed by atoms with E-state index in [1.807, 2.05) is 0 Å². The Morgan fingerprint density at radius 3 is 3.04 bits per heavy atom. The molecule has 0 radical (unpaired) electrons. The molecule has 5 rings (SSSR count). The van der Waals surface area contributed by atoms with E-state index in [0.29, 0.717) is 5.39 Å². The minimum Gasteiger partial charge on any atom is -0.462 e. The summed E-state index contributed by atoms with van der Waals surface area (Å²) in [6, 6.07) is 2.43. The molecule has 2 aliphatic heterocycles. The number of esters is 1. The summed E-state index contributed by atoms with van der Waals surface area (Å²) in [5, 5.41) is 0.580. The highest BCUT2D eigenvalue weighted by molar-refractivity contribution is 6.07. The number of rotatable bonds is 2. The van der Waals surface area contributed by atoms with Crippen molar-refractivity contribution in [3.05, 3.63) is 39.4 Å². The Hall–Kier alpha value is -2.63. The Labute approximate surface area is 150 Å². The van der Waals surface area contributed by atoms with Crippen molar-refractivity contribution in [2.75, 3.05) is 6.61 Å². The van der Waals surface area contributed by atoms with Gasteiger partial charge >= 0.3 is 5.97 Å². The van der Waals surface area contributed by atoms with Gasteiger partial charge in [-0.15, -0.1) is 0 Å². The summed E-state index contributed by atoms with van der Waals surface area (Å²) in [5.41, 5.74) is 3.72. The summed E-state index contributed by atoms with van der Waals surface area (Å²) in [4.78, 5) is 30.5. The zero-order valence-electron chi connectivity index (χ0n) is 15.0. The molecule has 0 saturated carbocycles. The van der Waals surface area contributed by atoms with Crippen molar-refractivity contribution in [3.8, 4) is 0 Å². The number of aromatic nitrogens is 3. The van der Waals surface area contributed by atoms with Crippen molar-refractivity contribution < 1.29 is 9.53 Å². The minimum absolute atomic E-state index is 0.111. The van der Waals surface area contributed by atoms with E-state index < -0.39 is 5.97 Å². The molecular weight excluding hydrogens is 330 g/mol. The van der Waals surface area contributed by atoms with E-state index >= 15 is 0 Å². The van der Waals surface area contributed by atoms with E-state index in [1.165, 1.54) is 5.56 Å². The molecule has 0 spiro atoms. The molecule has 1 aromatic carbocycles. The summed E-state index contributed by atoms with van der Waals surface area (Å²) in [7, 11) is 0. The average molecular weight is 351 g/mol. The molecule has 0 saturated heterocycles. The molecule has 2 aromatic heterocycles. The van der Waals surface area contributed by atoms with Crippen LogP contribution in [0.3, 0.4) is 0 Å². The first-order valence-electron chi connectivity index (χ1n) is 9.37. The van der Waals surface area contributed by atoms with Crippen molar-refractivity contribution in [2.45, 2.75) is 52.1 Å². The van der Waals surface area contributed by atoms with Crippen LogP contribution < -0.4 is 5.43 Å². The molecule has 26 heavy (non-hydrogen) atoms. The van der Waals surface area contributed by atoms with Gasteiger partial charge in [-0.3, -0.25) is 4.79 Å². The van der Waals surface area contributed by atoms with Gasteiger partial charge < -0.3 is 13.9 Å². The molecular formula is C20H21N3O3. The van der Waals surface area contributed by atoms with Gasteiger partial charge in [0.2, 0.25) is 5.43 Å². The van der Waals surface area contributed by atoms with Gasteiger partial charge in [0.05, 0.1) is 23.0 Å². The fraction of sp³-hybridized carbons (Fsp3) is 0.450. The van der Waals surface area contributed by atoms with Crippen LogP contribution in [0.1, 0.15) is 54.5 Å². The van der Waals surface area contributed by atoms with Crippen LogP contribution in [0.15, 0.2) is 17.1 Å². The lowest BCUT2D eigenvalue weighted by atomic mass is 9.95. The highest BCUT2D eigenvalue weighted by Crippen LogP contribution is 2.35. The average Bonchev–Trinajstić information content (AvgIpc) is 3.20. The van der Waals surface area contributed by atoms with Crippen LogP contribution in [0, 0.1) is 0 Å². The van der Waals surface area contributed by atoms with Crippen LogP contribution >= 0.6 is 0 Å². The van der Waals surface area contributed by atoms with Crippen molar-refractivity contribution in [2.24, 2.45) is 0 Å². The van der Waals surface area contributed by atoms with Crippen LogP contribution in [0.25, 0.3) is 21.9 Å². The number of ether oxygens (including phenoxy) is 1. The molecule has 6 nitrogen and oxygen atoms in total. The topological polar surface area (TPSA) is 66.1 Å². The second-order valence-electron chi connectivity index (χ2n) is 7.30. The fourth-order valence-electron chi connectivity index (χ4n) is 4.49. The maximum absolute atomic E-state index is 13.3. The zero-order valence-corrected chi connectivity index (χ0v) is 15.0. The first kappa shape index (κ1) is 15.6. The van der Waals surface area contributed by atoms with Gasteiger partial charge in [-0.25, -0.2) is 9.78 Å². The second kappa shape index (κ2) is 5.43. The summed E-state index contributed by atoms with van der Waals surface area (Å²) >= 11 is 0. The summed E-state index contributed by atoms with van der Waals surface area (Å²) in [6.07, 6.45) is 5.64. The molecule has 134 valence electrons. The zero-order chi connectivity index (χ0) is 18.0. The number of imidazole rings is 1. The van der Waals surface area contributed by atoms with Gasteiger partial charge in [0.15, 0.2) is 0 Å². The molecule has 2 aliphatic rings. The largest absolute Gasteiger partial charge is 0.462 e. The summed E-state index contributed by atoms with van der Waals surface area (Å²) in [5.74, 6) is 0.490. The van der Waals surface area contributed by atoms with Crippen LogP contribution in [0.5, 0.6) is 0 Å². The molecule has 0 bridgehead atoms. The van der Waals surface area contributed by atoms with Gasteiger partial charge in [-0.05, 0) is 44.7 Å². The first-order valence-corrected chi connectivity index (χ1v) is 9.37. The van der Waals surface area contributed by atoms with Crippen molar-refractivity contribution in [1.29, 1.82) is 0 Å². The Bertz CT molecular complexity index is 1140. The van der Waals surface area contributed by atoms with Crippen molar-refractivity contribution >= 4 is 27.9 Å².